The van der Waals surface area contributed by atoms with E-state index < -0.39 is 0 Å². The normalized spacial score (nSPS) is 34.7. The monoisotopic (exact) mass is 317 g/mol. The van der Waals surface area contributed by atoms with Crippen LogP contribution in [0.2, 0.25) is 0 Å². The number of hydrogen-bond donors (Lipinski definition) is 0. The molecule has 23 heavy (non-hydrogen) atoms. The Morgan fingerprint density at radius 3 is 2.87 bits per heavy atom. The van der Waals surface area contributed by atoms with Crippen LogP contribution >= 0.6 is 0 Å². The fraction of sp³-hybridized carbons (Fsp3) is 0.529. The van der Waals surface area contributed by atoms with E-state index in [4.69, 9.17) is 14.2 Å². The van der Waals surface area contributed by atoms with Crippen molar-refractivity contribution in [1.29, 1.82) is 0 Å². The topological polar surface area (TPSA) is 68.4 Å². The van der Waals surface area contributed by atoms with Gasteiger partial charge in [0.05, 0.1) is 12.6 Å². The second kappa shape index (κ2) is 5.62. The largest absolute Gasteiger partial charge is 0.460 e. The smallest absolute Gasteiger partial charge is 0.302 e. The van der Waals surface area contributed by atoms with Crippen molar-refractivity contribution in [1.82, 2.24) is 4.90 Å². The van der Waals surface area contributed by atoms with Gasteiger partial charge < -0.3 is 19.1 Å². The molecule has 0 aromatic heterocycles. The van der Waals surface area contributed by atoms with E-state index in [0.29, 0.717) is 19.6 Å². The zero-order chi connectivity index (χ0) is 16.0. The van der Waals surface area contributed by atoms with E-state index in [1.54, 1.807) is 4.90 Å². The molecule has 1 amide bonds. The summed E-state index contributed by atoms with van der Waals surface area (Å²) in [6, 6.07) is 9.62. The molecule has 0 N–H and O–H groups in total. The maximum absolute atomic E-state index is 12.3. The molecule has 0 aliphatic carbocycles. The highest BCUT2D eigenvalue weighted by atomic mass is 16.6. The Hall–Kier alpha value is -1.92. The zero-order valence-corrected chi connectivity index (χ0v) is 12.9. The lowest BCUT2D eigenvalue weighted by molar-refractivity contribution is -0.156. The minimum Gasteiger partial charge on any atom is -0.460 e. The molecule has 0 saturated carbocycles. The van der Waals surface area contributed by atoms with Crippen molar-refractivity contribution in [2.75, 3.05) is 6.54 Å². The van der Waals surface area contributed by atoms with Crippen LogP contribution in [0.15, 0.2) is 30.3 Å². The second-order valence-corrected chi connectivity index (χ2v) is 6.24. The first-order valence-corrected chi connectivity index (χ1v) is 7.94. The number of esters is 1. The van der Waals surface area contributed by atoms with Gasteiger partial charge in [-0.15, -0.1) is 0 Å². The van der Waals surface area contributed by atoms with Crippen LogP contribution in [-0.2, 0) is 30.4 Å². The van der Waals surface area contributed by atoms with Crippen molar-refractivity contribution in [2.24, 2.45) is 0 Å². The number of hydrogen-bond acceptors (Lipinski definition) is 5. The molecule has 3 aliphatic heterocycles. The Balaban J connectivity index is 1.52. The summed E-state index contributed by atoms with van der Waals surface area (Å²) in [7, 11) is 0. The van der Waals surface area contributed by atoms with Crippen LogP contribution in [0.3, 0.4) is 0 Å². The maximum Gasteiger partial charge on any atom is 0.302 e. The van der Waals surface area contributed by atoms with Gasteiger partial charge in [-0.2, -0.15) is 0 Å². The molecule has 0 bridgehead atoms. The number of fused-ring (bicyclic) bond motifs is 2. The average molecular weight is 317 g/mol. The van der Waals surface area contributed by atoms with Gasteiger partial charge in [-0.05, 0) is 5.56 Å². The number of ether oxygens (including phenoxy) is 3. The van der Waals surface area contributed by atoms with Crippen LogP contribution in [0.4, 0.5) is 0 Å². The lowest BCUT2D eigenvalue weighted by Crippen LogP contribution is -2.57. The first-order valence-electron chi connectivity index (χ1n) is 7.94. The summed E-state index contributed by atoms with van der Waals surface area (Å²) in [5, 5.41) is 0. The Morgan fingerprint density at radius 2 is 2.13 bits per heavy atom. The van der Waals surface area contributed by atoms with Crippen LogP contribution in [0.1, 0.15) is 18.9 Å². The number of carbonyl (C=O) groups is 2. The highest BCUT2D eigenvalue weighted by Crippen LogP contribution is 2.42. The number of nitrogens with zero attached hydrogens (tertiary/aromatic N) is 1. The number of piperidine rings is 1. The van der Waals surface area contributed by atoms with Crippen LogP contribution in [0.5, 0.6) is 0 Å². The number of rotatable bonds is 4. The second-order valence-electron chi connectivity index (χ2n) is 6.24. The molecule has 0 radical (unpaired) electrons. The molecule has 3 saturated heterocycles. The molecule has 4 rings (SSSR count). The highest BCUT2D eigenvalue weighted by molar-refractivity contribution is 5.86. The van der Waals surface area contributed by atoms with Gasteiger partial charge in [-0.1, -0.05) is 30.3 Å². The molecule has 122 valence electrons. The quantitative estimate of drug-likeness (QED) is 0.609. The van der Waals surface area contributed by atoms with Crippen molar-refractivity contribution in [3.8, 4) is 0 Å². The van der Waals surface area contributed by atoms with Crippen molar-refractivity contribution in [3.05, 3.63) is 35.9 Å². The van der Waals surface area contributed by atoms with Gasteiger partial charge in [0.2, 0.25) is 0 Å². The third-order valence-corrected chi connectivity index (χ3v) is 4.71. The van der Waals surface area contributed by atoms with Gasteiger partial charge in [-0.25, -0.2) is 0 Å². The molecule has 5 atom stereocenters. The molecular weight excluding hydrogens is 298 g/mol. The third-order valence-electron chi connectivity index (χ3n) is 4.71. The summed E-state index contributed by atoms with van der Waals surface area (Å²) in [6.45, 7) is 2.42. The van der Waals surface area contributed by atoms with Gasteiger partial charge in [0, 0.05) is 19.9 Å². The van der Waals surface area contributed by atoms with Gasteiger partial charge in [0.15, 0.2) is 6.10 Å². The van der Waals surface area contributed by atoms with Crippen LogP contribution in [-0.4, -0.2) is 53.8 Å². The molecule has 3 aliphatic rings. The molecule has 6 heteroatoms. The summed E-state index contributed by atoms with van der Waals surface area (Å²) < 4.78 is 17.0. The van der Waals surface area contributed by atoms with Crippen molar-refractivity contribution < 1.29 is 23.8 Å². The van der Waals surface area contributed by atoms with E-state index in [0.717, 1.165) is 5.56 Å². The molecular formula is C17H19NO5. The molecule has 6 nitrogen and oxygen atoms in total. The fourth-order valence-electron chi connectivity index (χ4n) is 3.66. The van der Waals surface area contributed by atoms with Crippen molar-refractivity contribution >= 4 is 11.9 Å². The lowest BCUT2D eigenvalue weighted by atomic mass is 9.96. The van der Waals surface area contributed by atoms with Crippen LogP contribution in [0.25, 0.3) is 0 Å². The van der Waals surface area contributed by atoms with Gasteiger partial charge in [0.25, 0.3) is 5.91 Å². The number of epoxide rings is 1. The van der Waals surface area contributed by atoms with Crippen LogP contribution in [0, 0.1) is 0 Å². The first-order chi connectivity index (χ1) is 11.1. The number of benzene rings is 1. The maximum atomic E-state index is 12.3. The van der Waals surface area contributed by atoms with E-state index in [1.807, 2.05) is 30.3 Å². The molecule has 3 heterocycles. The van der Waals surface area contributed by atoms with Crippen molar-refractivity contribution in [2.45, 2.75) is 50.4 Å². The summed E-state index contributed by atoms with van der Waals surface area (Å²) >= 11 is 0. The molecule has 1 aromatic carbocycles. The fourth-order valence-corrected chi connectivity index (χ4v) is 3.66. The zero-order valence-electron chi connectivity index (χ0n) is 12.9. The SMILES string of the molecule is CC(=O)O[C@H]1CCN2C(=O)[C@H]3O[C@H]3[C@H](OCc3ccccc3)[C@@H]12. The predicted octanol–water partition coefficient (Wildman–Crippen LogP) is 0.885. The Morgan fingerprint density at radius 1 is 1.35 bits per heavy atom. The van der Waals surface area contributed by atoms with Gasteiger partial charge >= 0.3 is 5.97 Å². The minimum atomic E-state index is -0.386. The Kier molecular flexibility index (Phi) is 3.58. The minimum absolute atomic E-state index is 0.00536. The van der Waals surface area contributed by atoms with Gasteiger partial charge in [0.1, 0.15) is 18.3 Å². The van der Waals surface area contributed by atoms with E-state index in [2.05, 4.69) is 0 Å². The molecule has 0 spiro atoms. The van der Waals surface area contributed by atoms with Gasteiger partial charge in [-0.3, -0.25) is 9.59 Å². The van der Waals surface area contributed by atoms with Crippen LogP contribution < -0.4 is 0 Å². The summed E-state index contributed by atoms with van der Waals surface area (Å²) in [4.78, 5) is 25.4. The number of amides is 1. The van der Waals surface area contributed by atoms with E-state index in [-0.39, 0.29) is 42.3 Å². The Bertz CT molecular complexity index is 619. The first kappa shape index (κ1) is 14.7. The highest BCUT2D eigenvalue weighted by Gasteiger charge is 2.64. The number of carbonyl (C=O) groups excluding carboxylic acids is 2. The third kappa shape index (κ3) is 2.62. The summed E-state index contributed by atoms with van der Waals surface area (Å²) in [5.41, 5.74) is 1.06. The van der Waals surface area contributed by atoms with E-state index >= 15 is 0 Å². The summed E-state index contributed by atoms with van der Waals surface area (Å²) in [5.74, 6) is -0.334. The Labute approximate surface area is 134 Å². The molecule has 3 fully saturated rings. The predicted molar refractivity (Wildman–Crippen MR) is 79.4 cm³/mol. The van der Waals surface area contributed by atoms with Crippen molar-refractivity contribution in [3.63, 3.8) is 0 Å². The van der Waals surface area contributed by atoms with E-state index in [1.165, 1.54) is 6.92 Å². The summed E-state index contributed by atoms with van der Waals surface area (Å²) in [6.07, 6.45) is -0.528. The molecule has 1 aromatic rings. The molecule has 0 unspecified atom stereocenters. The standard InChI is InChI=1S/C17H19NO5/c1-10(19)22-12-7-8-18-13(12)14(15-16(23-15)17(18)20)21-9-11-5-3-2-4-6-11/h2-6,12-16H,7-9H2,1H3/t12-,13+,14+,15-,16-/m0/s1. The lowest BCUT2D eigenvalue weighted by Gasteiger charge is -2.36. The average Bonchev–Trinajstić information content (AvgIpc) is 3.24. The van der Waals surface area contributed by atoms with E-state index in [9.17, 15) is 9.59 Å².